The number of hydrogen-bond donors (Lipinski definition) is 3. The zero-order valence-electron chi connectivity index (χ0n) is 22.4. The third kappa shape index (κ3) is 6.87. The summed E-state index contributed by atoms with van der Waals surface area (Å²) in [4.78, 5) is 42.8. The Morgan fingerprint density at radius 3 is 2.59 bits per heavy atom. The molecule has 4 aromatic heterocycles. The lowest BCUT2D eigenvalue weighted by Gasteiger charge is -2.09. The van der Waals surface area contributed by atoms with Crippen LogP contribution in [0.1, 0.15) is 28.9 Å². The van der Waals surface area contributed by atoms with Gasteiger partial charge in [0.25, 0.3) is 0 Å². The van der Waals surface area contributed by atoms with E-state index in [4.69, 9.17) is 9.97 Å². The Balaban J connectivity index is 1.15. The molecule has 0 saturated heterocycles. The van der Waals surface area contributed by atoms with Crippen LogP contribution >= 0.6 is 11.8 Å². The number of hydrogen-bond acceptors (Lipinski definition) is 8. The van der Waals surface area contributed by atoms with Gasteiger partial charge < -0.3 is 15.7 Å². The van der Waals surface area contributed by atoms with Crippen LogP contribution in [0.3, 0.4) is 0 Å². The van der Waals surface area contributed by atoms with Crippen LogP contribution < -0.4 is 10.6 Å². The van der Waals surface area contributed by atoms with E-state index in [2.05, 4.69) is 20.6 Å². The van der Waals surface area contributed by atoms with Gasteiger partial charge in [0.2, 0.25) is 11.9 Å². The number of benzene rings is 1. The fourth-order valence-corrected chi connectivity index (χ4v) is 5.19. The lowest BCUT2D eigenvalue weighted by molar-refractivity contribution is -0.118. The Kier molecular flexibility index (Phi) is 8.85. The number of aromatic nitrogens is 5. The van der Waals surface area contributed by atoms with E-state index in [9.17, 15) is 14.7 Å². The lowest BCUT2D eigenvalue weighted by Crippen LogP contribution is -2.26. The maximum atomic E-state index is 12.2. The van der Waals surface area contributed by atoms with E-state index >= 15 is 0 Å². The molecule has 5 rings (SSSR count). The third-order valence-electron chi connectivity index (χ3n) is 6.24. The normalized spacial score (nSPS) is 11.0. The molecule has 0 aliphatic rings. The molecule has 11 heteroatoms. The van der Waals surface area contributed by atoms with Crippen LogP contribution in [0.15, 0.2) is 84.0 Å². The molecular formula is C30H29N7O3S. The Hall–Kier alpha value is -4.77. The van der Waals surface area contributed by atoms with Gasteiger partial charge in [-0.25, -0.2) is 19.7 Å². The van der Waals surface area contributed by atoms with E-state index in [1.54, 1.807) is 24.4 Å². The van der Waals surface area contributed by atoms with Gasteiger partial charge in [-0.15, -0.1) is 11.8 Å². The maximum absolute atomic E-state index is 12.2. The predicted octanol–water partition coefficient (Wildman–Crippen LogP) is 4.96. The summed E-state index contributed by atoms with van der Waals surface area (Å²) in [7, 11) is 0. The summed E-state index contributed by atoms with van der Waals surface area (Å²) in [5, 5.41) is 15.4. The Morgan fingerprint density at radius 1 is 0.902 bits per heavy atom. The number of carboxylic acid groups (broad SMARTS) is 1. The number of unbranched alkanes of at least 4 members (excludes halogenated alkanes) is 1. The van der Waals surface area contributed by atoms with Crippen molar-refractivity contribution in [2.75, 3.05) is 24.2 Å². The Bertz CT molecular complexity index is 1690. The summed E-state index contributed by atoms with van der Waals surface area (Å²) in [6, 6.07) is 20.3. The highest BCUT2D eigenvalue weighted by molar-refractivity contribution is 8.00. The summed E-state index contributed by atoms with van der Waals surface area (Å²) >= 11 is 1.22. The number of nitrogens with one attached hydrogen (secondary N) is 2. The smallest absolute Gasteiger partial charge is 0.336 e. The van der Waals surface area contributed by atoms with Crippen molar-refractivity contribution in [1.82, 2.24) is 29.7 Å². The number of anilines is 1. The first-order valence-electron chi connectivity index (χ1n) is 13.2. The van der Waals surface area contributed by atoms with Crippen molar-refractivity contribution in [3.05, 3.63) is 90.4 Å². The topological polar surface area (TPSA) is 134 Å². The van der Waals surface area contributed by atoms with Crippen molar-refractivity contribution in [2.45, 2.75) is 24.7 Å². The van der Waals surface area contributed by atoms with Gasteiger partial charge in [0.05, 0.1) is 22.7 Å². The van der Waals surface area contributed by atoms with Gasteiger partial charge in [-0.05, 0) is 62.2 Å². The third-order valence-corrected chi connectivity index (χ3v) is 7.32. The lowest BCUT2D eigenvalue weighted by atomic mass is 10.1. The molecular weight excluding hydrogens is 538 g/mol. The number of rotatable bonds is 12. The summed E-state index contributed by atoms with van der Waals surface area (Å²) in [6.07, 6.45) is 5.26. The molecule has 0 aliphatic heterocycles. The molecule has 1 aromatic carbocycles. The van der Waals surface area contributed by atoms with Gasteiger partial charge in [-0.3, -0.25) is 14.2 Å². The molecule has 10 nitrogen and oxygen atoms in total. The predicted molar refractivity (Wildman–Crippen MR) is 159 cm³/mol. The number of thioether (sulfide) groups is 1. The molecule has 41 heavy (non-hydrogen) atoms. The van der Waals surface area contributed by atoms with Crippen LogP contribution in [-0.2, 0) is 4.79 Å². The van der Waals surface area contributed by atoms with Crippen molar-refractivity contribution in [2.24, 2.45) is 0 Å². The van der Waals surface area contributed by atoms with E-state index in [0.29, 0.717) is 23.9 Å². The number of amides is 1. The number of aromatic carboxylic acids is 1. The van der Waals surface area contributed by atoms with Gasteiger partial charge in [-0.1, -0.05) is 24.3 Å². The number of carbonyl (C=O) groups excluding carboxylic acids is 1. The van der Waals surface area contributed by atoms with Crippen LogP contribution in [0.2, 0.25) is 0 Å². The minimum Gasteiger partial charge on any atom is -0.478 e. The van der Waals surface area contributed by atoms with Gasteiger partial charge in [0.15, 0.2) is 0 Å². The molecule has 0 unspecified atom stereocenters. The summed E-state index contributed by atoms with van der Waals surface area (Å²) in [5.41, 5.74) is 5.03. The number of imidazole rings is 1. The fraction of sp³-hybridized carbons (Fsp3) is 0.200. The minimum atomic E-state index is -1.00. The molecule has 0 spiro atoms. The standard InChI is InChI=1S/C30H29N7O3S/c1-20-9-8-11-22(34-20)27-28(37-18-7-4-13-25(37)36-27)23-14-17-33-30(35-23)32-16-6-5-15-31-26(38)19-41-24-12-3-2-10-21(24)29(39)40/h2-4,7-14,17-18H,5-6,15-16,19H2,1H3,(H,31,38)(H,39,40)(H,32,33,35). The molecule has 1 amide bonds. The maximum Gasteiger partial charge on any atom is 0.336 e. The second-order valence-electron chi connectivity index (χ2n) is 9.24. The van der Waals surface area contributed by atoms with Crippen LogP contribution in [0.25, 0.3) is 28.4 Å². The van der Waals surface area contributed by atoms with Gasteiger partial charge >= 0.3 is 5.97 Å². The van der Waals surface area contributed by atoms with Crippen molar-refractivity contribution in [3.8, 4) is 22.8 Å². The first-order chi connectivity index (χ1) is 20.0. The molecule has 5 aromatic rings. The molecule has 0 saturated carbocycles. The zero-order chi connectivity index (χ0) is 28.6. The van der Waals surface area contributed by atoms with Gasteiger partial charge in [0, 0.05) is 36.1 Å². The highest BCUT2D eigenvalue weighted by Gasteiger charge is 2.18. The number of nitrogens with zero attached hydrogens (tertiary/aromatic N) is 5. The second-order valence-corrected chi connectivity index (χ2v) is 10.3. The van der Waals surface area contributed by atoms with E-state index in [1.165, 1.54) is 17.8 Å². The average molecular weight is 568 g/mol. The quantitative estimate of drug-likeness (QED) is 0.141. The van der Waals surface area contributed by atoms with Crippen molar-refractivity contribution < 1.29 is 14.7 Å². The van der Waals surface area contributed by atoms with E-state index < -0.39 is 5.97 Å². The molecule has 3 N–H and O–H groups in total. The SMILES string of the molecule is Cc1cccc(-c2nc3ccccn3c2-c2ccnc(NCCCCNC(=O)CSc3ccccc3C(=O)O)n2)n1. The van der Waals surface area contributed by atoms with E-state index in [0.717, 1.165) is 47.0 Å². The molecule has 0 radical (unpaired) electrons. The van der Waals surface area contributed by atoms with Gasteiger partial charge in [0.1, 0.15) is 17.0 Å². The molecule has 208 valence electrons. The van der Waals surface area contributed by atoms with Crippen molar-refractivity contribution in [3.63, 3.8) is 0 Å². The Labute approximate surface area is 241 Å². The average Bonchev–Trinajstić information content (AvgIpc) is 3.38. The highest BCUT2D eigenvalue weighted by Crippen LogP contribution is 2.31. The van der Waals surface area contributed by atoms with Crippen LogP contribution in [-0.4, -0.2) is 60.2 Å². The number of aryl methyl sites for hydroxylation is 1. The first-order valence-corrected chi connectivity index (χ1v) is 14.2. The number of carbonyl (C=O) groups is 2. The second kappa shape index (κ2) is 13.1. The van der Waals surface area contributed by atoms with Crippen LogP contribution in [0, 0.1) is 6.92 Å². The summed E-state index contributed by atoms with van der Waals surface area (Å²) < 4.78 is 2.01. The monoisotopic (exact) mass is 567 g/mol. The zero-order valence-corrected chi connectivity index (χ0v) is 23.3. The van der Waals surface area contributed by atoms with Crippen molar-refractivity contribution in [1.29, 1.82) is 0 Å². The van der Waals surface area contributed by atoms with Gasteiger partial charge in [-0.2, -0.15) is 0 Å². The minimum absolute atomic E-state index is 0.133. The molecule has 0 bridgehead atoms. The summed E-state index contributed by atoms with van der Waals surface area (Å²) in [5.74, 6) is -0.468. The van der Waals surface area contributed by atoms with E-state index in [-0.39, 0.29) is 17.2 Å². The molecule has 0 fully saturated rings. The van der Waals surface area contributed by atoms with Crippen LogP contribution in [0.4, 0.5) is 5.95 Å². The molecule has 0 atom stereocenters. The van der Waals surface area contributed by atoms with Crippen molar-refractivity contribution >= 4 is 35.2 Å². The van der Waals surface area contributed by atoms with Crippen LogP contribution in [0.5, 0.6) is 0 Å². The number of carboxylic acids is 1. The fourth-order valence-electron chi connectivity index (χ4n) is 4.31. The first kappa shape index (κ1) is 27.8. The Morgan fingerprint density at radius 2 is 1.73 bits per heavy atom. The summed E-state index contributed by atoms with van der Waals surface area (Å²) in [6.45, 7) is 3.12. The molecule has 4 heterocycles. The molecule has 0 aliphatic carbocycles. The number of pyridine rings is 2. The largest absolute Gasteiger partial charge is 0.478 e. The number of fused-ring (bicyclic) bond motifs is 1. The highest BCUT2D eigenvalue weighted by atomic mass is 32.2. The van der Waals surface area contributed by atoms with E-state index in [1.807, 2.05) is 60.0 Å².